The van der Waals surface area contributed by atoms with Gasteiger partial charge in [-0.25, -0.2) is 0 Å². The maximum absolute atomic E-state index is 12.2. The van der Waals surface area contributed by atoms with Crippen LogP contribution in [0.1, 0.15) is 40.1 Å². The molecule has 0 atom stereocenters. The molecule has 0 aliphatic heterocycles. The van der Waals surface area contributed by atoms with Crippen LogP contribution in [0.2, 0.25) is 0 Å². The van der Waals surface area contributed by atoms with Gasteiger partial charge in [-0.05, 0) is 23.8 Å². The predicted octanol–water partition coefficient (Wildman–Crippen LogP) is 3.18. The molecule has 0 aliphatic rings. The van der Waals surface area contributed by atoms with Crippen molar-refractivity contribution in [2.75, 3.05) is 14.2 Å². The number of carbonyl (C=O) groups excluding carboxylic acids is 2. The maximum atomic E-state index is 12.2. The summed E-state index contributed by atoms with van der Waals surface area (Å²) in [5.41, 5.74) is 0.886. The van der Waals surface area contributed by atoms with E-state index >= 15 is 0 Å². The molecule has 0 radical (unpaired) electrons. The first-order valence-corrected chi connectivity index (χ1v) is 7.87. The first-order valence-electron chi connectivity index (χ1n) is 7.87. The van der Waals surface area contributed by atoms with Gasteiger partial charge in [0, 0.05) is 12.1 Å². The summed E-state index contributed by atoms with van der Waals surface area (Å²) in [5, 5.41) is 12.4. The molecule has 2 N–H and O–H groups in total. The van der Waals surface area contributed by atoms with E-state index in [0.29, 0.717) is 17.8 Å². The van der Waals surface area contributed by atoms with E-state index < -0.39 is 5.91 Å². The highest BCUT2D eigenvalue weighted by molar-refractivity contribution is 6.03. The minimum atomic E-state index is -0.528. The second-order valence-electron chi connectivity index (χ2n) is 4.73. The molecule has 0 heterocycles. The van der Waals surface area contributed by atoms with E-state index in [1.165, 1.54) is 25.3 Å². The van der Waals surface area contributed by atoms with E-state index in [9.17, 15) is 14.7 Å². The summed E-state index contributed by atoms with van der Waals surface area (Å²) < 4.78 is 10.3. The van der Waals surface area contributed by atoms with Gasteiger partial charge >= 0.3 is 0 Å². The molecule has 6 heteroatoms. The Hall–Kier alpha value is -3.02. The number of nitrogens with one attached hydrogen (secondary N) is 1. The molecule has 0 bridgehead atoms. The zero-order valence-corrected chi connectivity index (χ0v) is 14.8. The molecule has 134 valence electrons. The van der Waals surface area contributed by atoms with E-state index in [4.69, 9.17) is 9.47 Å². The molecular weight excluding hydrogens is 322 g/mol. The number of ether oxygens (including phenoxy) is 2. The summed E-state index contributed by atoms with van der Waals surface area (Å²) in [6.07, 6.45) is 0.533. The molecule has 2 aromatic rings. The molecule has 0 spiro atoms. The summed E-state index contributed by atoms with van der Waals surface area (Å²) in [6, 6.07) is 9.59. The molecule has 1 amide bonds. The average Bonchev–Trinajstić information content (AvgIpc) is 2.67. The van der Waals surface area contributed by atoms with Crippen molar-refractivity contribution in [1.82, 2.24) is 5.32 Å². The monoisotopic (exact) mass is 345 g/mol. The number of aldehydes is 1. The third-order valence-corrected chi connectivity index (χ3v) is 3.33. The van der Waals surface area contributed by atoms with Gasteiger partial charge in [-0.15, -0.1) is 0 Å². The van der Waals surface area contributed by atoms with Crippen molar-refractivity contribution >= 4 is 12.2 Å². The lowest BCUT2D eigenvalue weighted by Crippen LogP contribution is -2.24. The topological polar surface area (TPSA) is 84.9 Å². The lowest BCUT2D eigenvalue weighted by molar-refractivity contribution is 0.0942. The summed E-state index contributed by atoms with van der Waals surface area (Å²) >= 11 is 0. The highest BCUT2D eigenvalue weighted by Crippen LogP contribution is 2.27. The Morgan fingerprint density at radius 3 is 2.40 bits per heavy atom. The van der Waals surface area contributed by atoms with Gasteiger partial charge in [-0.2, -0.15) is 0 Å². The normalized spacial score (nSPS) is 9.44. The van der Waals surface area contributed by atoms with Crippen molar-refractivity contribution in [2.45, 2.75) is 20.4 Å². The minimum absolute atomic E-state index is 0.0389. The van der Waals surface area contributed by atoms with E-state index in [-0.39, 0.29) is 23.4 Å². The van der Waals surface area contributed by atoms with Gasteiger partial charge in [0.1, 0.15) is 5.75 Å². The number of rotatable bonds is 6. The number of methoxy groups -OCH3 is 2. The second-order valence-corrected chi connectivity index (χ2v) is 4.73. The van der Waals surface area contributed by atoms with Crippen molar-refractivity contribution in [3.63, 3.8) is 0 Å². The number of phenolic OH excluding ortho intramolecular Hbond substituents is 1. The average molecular weight is 345 g/mol. The fourth-order valence-corrected chi connectivity index (χ4v) is 2.16. The van der Waals surface area contributed by atoms with Crippen LogP contribution in [0, 0.1) is 0 Å². The number of carbonyl (C=O) groups is 2. The highest BCUT2D eigenvalue weighted by atomic mass is 16.5. The van der Waals surface area contributed by atoms with Crippen LogP contribution in [-0.4, -0.2) is 31.5 Å². The number of amides is 1. The Morgan fingerprint density at radius 1 is 1.12 bits per heavy atom. The number of aromatic hydroxyl groups is 1. The molecular formula is C19H23NO5. The van der Waals surface area contributed by atoms with E-state index in [1.807, 2.05) is 13.8 Å². The quantitative estimate of drug-likeness (QED) is 0.786. The van der Waals surface area contributed by atoms with Crippen LogP contribution in [-0.2, 0) is 6.54 Å². The van der Waals surface area contributed by atoms with Crippen molar-refractivity contribution in [3.05, 3.63) is 53.1 Å². The Labute approximate surface area is 147 Å². The summed E-state index contributed by atoms with van der Waals surface area (Å²) in [6.45, 7) is 4.21. The van der Waals surface area contributed by atoms with Gasteiger partial charge < -0.3 is 19.9 Å². The molecule has 0 fully saturated rings. The Kier molecular flexibility index (Phi) is 7.99. The van der Waals surface area contributed by atoms with Gasteiger partial charge in [0.25, 0.3) is 5.91 Å². The smallest absolute Gasteiger partial charge is 0.256 e. The number of phenols is 1. The van der Waals surface area contributed by atoms with Gasteiger partial charge in [0.15, 0.2) is 17.8 Å². The molecule has 25 heavy (non-hydrogen) atoms. The van der Waals surface area contributed by atoms with Crippen LogP contribution < -0.4 is 14.8 Å². The van der Waals surface area contributed by atoms with Crippen LogP contribution in [0.15, 0.2) is 36.4 Å². The first-order chi connectivity index (χ1) is 12.1. The standard InChI is InChI=1S/C17H17NO5.C2H6/c1-22-14-7-6-11(8-15(14)23-2)9-18-17(21)16-12(10-19)4-3-5-13(16)20;1-2/h3-8,10,20H,9H2,1-2H3,(H,18,21);1-2H3. The van der Waals surface area contributed by atoms with Gasteiger partial charge in [0.2, 0.25) is 0 Å². The molecule has 2 aromatic carbocycles. The third-order valence-electron chi connectivity index (χ3n) is 3.33. The molecule has 0 aromatic heterocycles. The maximum Gasteiger partial charge on any atom is 0.256 e. The fraction of sp³-hybridized carbons (Fsp3) is 0.263. The van der Waals surface area contributed by atoms with Crippen molar-refractivity contribution < 1.29 is 24.2 Å². The molecule has 0 aliphatic carbocycles. The third kappa shape index (κ3) is 4.97. The summed E-state index contributed by atoms with van der Waals surface area (Å²) in [7, 11) is 3.07. The summed E-state index contributed by atoms with van der Waals surface area (Å²) in [5.74, 6) is 0.376. The molecule has 0 unspecified atom stereocenters. The van der Waals surface area contributed by atoms with Crippen LogP contribution in [0.4, 0.5) is 0 Å². The largest absolute Gasteiger partial charge is 0.507 e. The van der Waals surface area contributed by atoms with Crippen molar-refractivity contribution in [2.24, 2.45) is 0 Å². The zero-order chi connectivity index (χ0) is 18.8. The van der Waals surface area contributed by atoms with Gasteiger partial charge in [-0.1, -0.05) is 32.0 Å². The zero-order valence-electron chi connectivity index (χ0n) is 14.8. The van der Waals surface area contributed by atoms with Gasteiger partial charge in [0.05, 0.1) is 19.8 Å². The lowest BCUT2D eigenvalue weighted by Gasteiger charge is -2.11. The van der Waals surface area contributed by atoms with E-state index in [2.05, 4.69) is 5.32 Å². The van der Waals surface area contributed by atoms with Crippen molar-refractivity contribution in [1.29, 1.82) is 0 Å². The second kappa shape index (κ2) is 9.97. The van der Waals surface area contributed by atoms with Crippen LogP contribution in [0.25, 0.3) is 0 Å². The van der Waals surface area contributed by atoms with Crippen LogP contribution in [0.3, 0.4) is 0 Å². The van der Waals surface area contributed by atoms with E-state index in [1.54, 1.807) is 25.3 Å². The Balaban J connectivity index is 0.00000151. The molecule has 6 nitrogen and oxygen atoms in total. The highest BCUT2D eigenvalue weighted by Gasteiger charge is 2.15. The van der Waals surface area contributed by atoms with Crippen LogP contribution >= 0.6 is 0 Å². The number of benzene rings is 2. The Bertz CT molecular complexity index is 728. The lowest BCUT2D eigenvalue weighted by atomic mass is 10.1. The van der Waals surface area contributed by atoms with E-state index in [0.717, 1.165) is 5.56 Å². The summed E-state index contributed by atoms with van der Waals surface area (Å²) in [4.78, 5) is 23.2. The minimum Gasteiger partial charge on any atom is -0.507 e. The molecule has 0 saturated heterocycles. The molecule has 2 rings (SSSR count). The molecule has 0 saturated carbocycles. The van der Waals surface area contributed by atoms with Crippen molar-refractivity contribution in [3.8, 4) is 17.2 Å². The fourth-order valence-electron chi connectivity index (χ4n) is 2.16. The number of hydrogen-bond acceptors (Lipinski definition) is 5. The first kappa shape index (κ1) is 20.0. The Morgan fingerprint density at radius 2 is 1.80 bits per heavy atom. The van der Waals surface area contributed by atoms with Gasteiger partial charge in [-0.3, -0.25) is 9.59 Å². The SMILES string of the molecule is CC.COc1ccc(CNC(=O)c2c(O)cccc2C=O)cc1OC. The predicted molar refractivity (Wildman–Crippen MR) is 95.6 cm³/mol. The van der Waals surface area contributed by atoms with Crippen LogP contribution in [0.5, 0.6) is 17.2 Å². The number of hydrogen-bond donors (Lipinski definition) is 2.